The first-order chi connectivity index (χ1) is 9.33. The summed E-state index contributed by atoms with van der Waals surface area (Å²) in [5.74, 6) is 1.82. The molecule has 0 amide bonds. The summed E-state index contributed by atoms with van der Waals surface area (Å²) in [6.07, 6.45) is 5.08. The molecule has 1 heteroatoms. The van der Waals surface area contributed by atoms with E-state index in [4.69, 9.17) is 0 Å². The summed E-state index contributed by atoms with van der Waals surface area (Å²) in [5, 5.41) is 10.3. The van der Waals surface area contributed by atoms with Gasteiger partial charge in [0.2, 0.25) is 0 Å². The fourth-order valence-electron chi connectivity index (χ4n) is 2.94. The molecule has 0 saturated heterocycles. The van der Waals surface area contributed by atoms with Crippen molar-refractivity contribution in [3.05, 3.63) is 53.6 Å². The van der Waals surface area contributed by atoms with Crippen LogP contribution in [0.3, 0.4) is 0 Å². The minimum absolute atomic E-state index is 0.491. The van der Waals surface area contributed by atoms with Crippen LogP contribution in [0.1, 0.15) is 48.6 Å². The summed E-state index contributed by atoms with van der Waals surface area (Å²) in [7, 11) is 0. The van der Waals surface area contributed by atoms with Gasteiger partial charge in [-0.2, -0.15) is 0 Å². The lowest BCUT2D eigenvalue weighted by molar-refractivity contribution is 0.468. The average molecular weight is 250 g/mol. The van der Waals surface area contributed by atoms with E-state index in [9.17, 15) is 5.11 Å². The van der Waals surface area contributed by atoms with Gasteiger partial charge in [-0.25, -0.2) is 0 Å². The molecule has 2 aromatic rings. The van der Waals surface area contributed by atoms with Gasteiger partial charge in [0.25, 0.3) is 0 Å². The van der Waals surface area contributed by atoms with Crippen molar-refractivity contribution in [1.29, 1.82) is 0 Å². The summed E-state index contributed by atoms with van der Waals surface area (Å²) < 4.78 is 0. The Labute approximate surface area is 113 Å². The fourth-order valence-corrected chi connectivity index (χ4v) is 2.94. The van der Waals surface area contributed by atoms with Gasteiger partial charge in [0.1, 0.15) is 5.75 Å². The number of rotatable bonds is 3. The van der Waals surface area contributed by atoms with Crippen molar-refractivity contribution in [3.63, 3.8) is 0 Å². The molecule has 1 nitrogen and oxygen atoms in total. The standard InChI is InChI=1S/C18H18O/c19-18-11-16(12-4-2-1-3-5-12)15(13-6-7-13)10-17(18)14-8-9-14/h1-5,10-11,13-14,19H,6-9H2. The molecule has 2 aromatic carbocycles. The third kappa shape index (κ3) is 2.03. The molecule has 4 rings (SSSR count). The second-order valence-corrected chi connectivity index (χ2v) is 5.91. The Bertz CT molecular complexity index is 607. The highest BCUT2D eigenvalue weighted by atomic mass is 16.3. The molecule has 0 unspecified atom stereocenters. The van der Waals surface area contributed by atoms with Crippen molar-refractivity contribution in [2.45, 2.75) is 37.5 Å². The third-order valence-corrected chi connectivity index (χ3v) is 4.32. The van der Waals surface area contributed by atoms with Crippen LogP contribution in [0.15, 0.2) is 42.5 Å². The topological polar surface area (TPSA) is 20.2 Å². The Morgan fingerprint density at radius 2 is 1.42 bits per heavy atom. The molecule has 0 spiro atoms. The molecule has 0 heterocycles. The summed E-state index contributed by atoms with van der Waals surface area (Å²) in [4.78, 5) is 0. The van der Waals surface area contributed by atoms with Crippen molar-refractivity contribution in [2.24, 2.45) is 0 Å². The van der Waals surface area contributed by atoms with Gasteiger partial charge in [-0.05, 0) is 65.8 Å². The first-order valence-electron chi connectivity index (χ1n) is 7.25. The SMILES string of the molecule is Oc1cc(-c2ccccc2)c(C2CC2)cc1C1CC1. The van der Waals surface area contributed by atoms with E-state index in [0.717, 1.165) is 0 Å². The summed E-state index contributed by atoms with van der Waals surface area (Å²) in [5.41, 5.74) is 5.08. The zero-order valence-electron chi connectivity index (χ0n) is 11.0. The number of hydrogen-bond acceptors (Lipinski definition) is 1. The first kappa shape index (κ1) is 11.1. The van der Waals surface area contributed by atoms with Crippen LogP contribution in [0.2, 0.25) is 0 Å². The van der Waals surface area contributed by atoms with E-state index in [-0.39, 0.29) is 0 Å². The smallest absolute Gasteiger partial charge is 0.119 e. The van der Waals surface area contributed by atoms with Crippen LogP contribution in [0.5, 0.6) is 5.75 Å². The highest BCUT2D eigenvalue weighted by Crippen LogP contribution is 2.50. The molecular weight excluding hydrogens is 232 g/mol. The van der Waals surface area contributed by atoms with Gasteiger partial charge >= 0.3 is 0 Å². The zero-order chi connectivity index (χ0) is 12.8. The van der Waals surface area contributed by atoms with Crippen molar-refractivity contribution in [2.75, 3.05) is 0 Å². The lowest BCUT2D eigenvalue weighted by atomic mass is 9.93. The minimum Gasteiger partial charge on any atom is -0.508 e. The van der Waals surface area contributed by atoms with Crippen LogP contribution in [0.4, 0.5) is 0 Å². The monoisotopic (exact) mass is 250 g/mol. The maximum atomic E-state index is 10.3. The lowest BCUT2D eigenvalue weighted by Gasteiger charge is -2.13. The molecule has 2 saturated carbocycles. The first-order valence-corrected chi connectivity index (χ1v) is 7.25. The maximum Gasteiger partial charge on any atom is 0.119 e. The lowest BCUT2D eigenvalue weighted by Crippen LogP contribution is -1.91. The maximum absolute atomic E-state index is 10.3. The second kappa shape index (κ2) is 4.12. The van der Waals surface area contributed by atoms with Crippen LogP contribution in [0, 0.1) is 0 Å². The Morgan fingerprint density at radius 1 is 0.789 bits per heavy atom. The van der Waals surface area contributed by atoms with Gasteiger partial charge in [-0.15, -0.1) is 0 Å². The van der Waals surface area contributed by atoms with Gasteiger partial charge in [0.05, 0.1) is 0 Å². The van der Waals surface area contributed by atoms with Crippen molar-refractivity contribution in [3.8, 4) is 16.9 Å². The number of hydrogen-bond donors (Lipinski definition) is 1. The van der Waals surface area contributed by atoms with Gasteiger partial charge in [0.15, 0.2) is 0 Å². The van der Waals surface area contributed by atoms with E-state index >= 15 is 0 Å². The van der Waals surface area contributed by atoms with Crippen LogP contribution in [0.25, 0.3) is 11.1 Å². The van der Waals surface area contributed by atoms with Crippen LogP contribution in [-0.2, 0) is 0 Å². The van der Waals surface area contributed by atoms with E-state index < -0.39 is 0 Å². The van der Waals surface area contributed by atoms with E-state index in [1.54, 1.807) is 0 Å². The quantitative estimate of drug-likeness (QED) is 0.828. The highest BCUT2D eigenvalue weighted by Gasteiger charge is 2.31. The van der Waals surface area contributed by atoms with Crippen LogP contribution < -0.4 is 0 Å². The molecule has 2 aliphatic carbocycles. The third-order valence-electron chi connectivity index (χ3n) is 4.32. The van der Waals surface area contributed by atoms with E-state index in [2.05, 4.69) is 30.3 Å². The van der Waals surface area contributed by atoms with E-state index in [1.807, 2.05) is 12.1 Å². The average Bonchev–Trinajstić information content (AvgIpc) is 3.30. The van der Waals surface area contributed by atoms with Gasteiger partial charge in [-0.1, -0.05) is 36.4 Å². The number of benzene rings is 2. The Balaban J connectivity index is 1.87. The number of aromatic hydroxyl groups is 1. The second-order valence-electron chi connectivity index (χ2n) is 5.91. The zero-order valence-corrected chi connectivity index (χ0v) is 11.0. The molecule has 2 aliphatic rings. The largest absolute Gasteiger partial charge is 0.508 e. The summed E-state index contributed by atoms with van der Waals surface area (Å²) in [6.45, 7) is 0. The van der Waals surface area contributed by atoms with Crippen molar-refractivity contribution in [1.82, 2.24) is 0 Å². The molecule has 0 radical (unpaired) electrons. The van der Waals surface area contributed by atoms with Crippen LogP contribution >= 0.6 is 0 Å². The van der Waals surface area contributed by atoms with Gasteiger partial charge < -0.3 is 5.11 Å². The fraction of sp³-hybridized carbons (Fsp3) is 0.333. The number of phenolic OH excluding ortho intramolecular Hbond substituents is 1. The van der Waals surface area contributed by atoms with Crippen LogP contribution in [-0.4, -0.2) is 5.11 Å². The van der Waals surface area contributed by atoms with Crippen molar-refractivity contribution < 1.29 is 5.11 Å². The van der Waals surface area contributed by atoms with E-state index in [1.165, 1.54) is 47.9 Å². The summed E-state index contributed by atoms with van der Waals surface area (Å²) in [6, 6.07) is 14.7. The normalized spacial score (nSPS) is 18.5. The van der Waals surface area contributed by atoms with Crippen molar-refractivity contribution >= 4 is 0 Å². The Hall–Kier alpha value is -1.76. The minimum atomic E-state index is 0.491. The molecule has 0 bridgehead atoms. The number of phenols is 1. The molecular formula is C18H18O. The molecule has 96 valence electrons. The van der Waals surface area contributed by atoms with Gasteiger partial charge in [0, 0.05) is 0 Å². The molecule has 1 N–H and O–H groups in total. The molecule has 2 fully saturated rings. The Kier molecular flexibility index (Phi) is 2.41. The molecule has 0 atom stereocenters. The summed E-state index contributed by atoms with van der Waals surface area (Å²) >= 11 is 0. The van der Waals surface area contributed by atoms with E-state index in [0.29, 0.717) is 17.6 Å². The molecule has 0 aromatic heterocycles. The van der Waals surface area contributed by atoms with Gasteiger partial charge in [-0.3, -0.25) is 0 Å². The molecule has 0 aliphatic heterocycles. The predicted octanol–water partition coefficient (Wildman–Crippen LogP) is 4.81. The molecule has 19 heavy (non-hydrogen) atoms. The Morgan fingerprint density at radius 3 is 2.05 bits per heavy atom. The highest BCUT2D eigenvalue weighted by molar-refractivity contribution is 5.71. The predicted molar refractivity (Wildman–Crippen MR) is 77.5 cm³/mol.